The van der Waals surface area contributed by atoms with Gasteiger partial charge in [0.2, 0.25) is 0 Å². The summed E-state index contributed by atoms with van der Waals surface area (Å²) < 4.78 is 9.60. The molecule has 0 radical (unpaired) electrons. The van der Waals surface area contributed by atoms with Gasteiger partial charge in [-0.1, -0.05) is 0 Å². The minimum Gasteiger partial charge on any atom is -0.426 e. The molecule has 0 aliphatic rings. The monoisotopic (exact) mass is 244 g/mol. The molecular formula is C12H8N2O4. The maximum atomic E-state index is 10.4. The summed E-state index contributed by atoms with van der Waals surface area (Å²) in [5.74, 6) is 0.476. The highest BCUT2D eigenvalue weighted by atomic mass is 16.5. The summed E-state index contributed by atoms with van der Waals surface area (Å²) >= 11 is 0. The summed E-state index contributed by atoms with van der Waals surface area (Å²) in [5.41, 5.74) is 0.643. The fourth-order valence-corrected chi connectivity index (χ4v) is 1.43. The lowest BCUT2D eigenvalue weighted by Crippen LogP contribution is -1.98. The zero-order chi connectivity index (χ0) is 12.8. The van der Waals surface area contributed by atoms with E-state index in [0.717, 1.165) is 0 Å². The normalized spacial score (nSPS) is 9.56. The summed E-state index contributed by atoms with van der Waals surface area (Å²) in [4.78, 5) is 29.0. The smallest absolute Gasteiger partial charge is 0.298 e. The summed E-state index contributed by atoms with van der Waals surface area (Å²) in [6, 6.07) is 6.36. The molecule has 2 heterocycles. The number of pyridine rings is 2. The lowest BCUT2D eigenvalue weighted by molar-refractivity contribution is -0.121. The molecule has 0 aliphatic carbocycles. The molecule has 0 saturated carbocycles. The van der Waals surface area contributed by atoms with Gasteiger partial charge in [-0.15, -0.1) is 0 Å². The number of ether oxygens (including phenoxy) is 2. The second kappa shape index (κ2) is 5.53. The van der Waals surface area contributed by atoms with Crippen LogP contribution in [0.3, 0.4) is 0 Å². The van der Waals surface area contributed by atoms with Gasteiger partial charge >= 0.3 is 0 Å². The van der Waals surface area contributed by atoms with Gasteiger partial charge in [0, 0.05) is 12.4 Å². The predicted octanol–water partition coefficient (Wildman–Crippen LogP) is 1.21. The van der Waals surface area contributed by atoms with Gasteiger partial charge in [-0.25, -0.2) is 0 Å². The summed E-state index contributed by atoms with van der Waals surface area (Å²) in [6.07, 6.45) is 3.04. The Morgan fingerprint density at radius 1 is 0.833 bits per heavy atom. The van der Waals surface area contributed by atoms with E-state index in [1.807, 2.05) is 0 Å². The lowest BCUT2D eigenvalue weighted by Gasteiger charge is -2.08. The number of hydrogen-bond donors (Lipinski definition) is 0. The van der Waals surface area contributed by atoms with Crippen molar-refractivity contribution < 1.29 is 19.1 Å². The lowest BCUT2D eigenvalue weighted by atomic mass is 10.2. The Morgan fingerprint density at radius 2 is 1.28 bits per heavy atom. The molecule has 0 fully saturated rings. The molecule has 2 aromatic rings. The minimum absolute atomic E-state index is 0.238. The van der Waals surface area contributed by atoms with Crippen LogP contribution in [0.1, 0.15) is 0 Å². The van der Waals surface area contributed by atoms with Crippen LogP contribution in [-0.2, 0) is 9.59 Å². The van der Waals surface area contributed by atoms with E-state index in [0.29, 0.717) is 24.3 Å². The third-order valence-corrected chi connectivity index (χ3v) is 2.12. The average molecular weight is 244 g/mol. The molecule has 2 rings (SSSR count). The predicted molar refractivity (Wildman–Crippen MR) is 60.9 cm³/mol. The number of hydrogen-bond acceptors (Lipinski definition) is 6. The molecule has 6 heteroatoms. The van der Waals surface area contributed by atoms with E-state index in [2.05, 4.69) is 9.97 Å². The molecule has 18 heavy (non-hydrogen) atoms. The van der Waals surface area contributed by atoms with Crippen LogP contribution in [0, 0.1) is 0 Å². The Hall–Kier alpha value is -2.76. The van der Waals surface area contributed by atoms with Crippen molar-refractivity contribution in [2.24, 2.45) is 0 Å². The van der Waals surface area contributed by atoms with E-state index in [1.54, 1.807) is 24.3 Å². The van der Waals surface area contributed by atoms with Crippen molar-refractivity contribution in [1.29, 1.82) is 0 Å². The Labute approximate surface area is 102 Å². The highest BCUT2D eigenvalue weighted by molar-refractivity contribution is 5.71. The first-order valence-electron chi connectivity index (χ1n) is 4.98. The number of aromatic nitrogens is 2. The average Bonchev–Trinajstić information content (AvgIpc) is 2.41. The van der Waals surface area contributed by atoms with Crippen molar-refractivity contribution >= 4 is 12.9 Å². The van der Waals surface area contributed by atoms with Crippen molar-refractivity contribution in [3.05, 3.63) is 36.7 Å². The van der Waals surface area contributed by atoms with Crippen LogP contribution in [0.15, 0.2) is 36.7 Å². The number of nitrogens with zero attached hydrogens (tertiary/aromatic N) is 2. The second-order valence-corrected chi connectivity index (χ2v) is 3.13. The highest BCUT2D eigenvalue weighted by Crippen LogP contribution is 2.31. The van der Waals surface area contributed by atoms with E-state index in [1.165, 1.54) is 12.4 Å². The van der Waals surface area contributed by atoms with Crippen molar-refractivity contribution in [3.63, 3.8) is 0 Å². The van der Waals surface area contributed by atoms with E-state index >= 15 is 0 Å². The zero-order valence-corrected chi connectivity index (χ0v) is 9.15. The van der Waals surface area contributed by atoms with E-state index < -0.39 is 0 Å². The Kier molecular flexibility index (Phi) is 3.60. The molecule has 0 aromatic carbocycles. The molecule has 6 nitrogen and oxygen atoms in total. The molecule has 0 unspecified atom stereocenters. The molecule has 0 bridgehead atoms. The highest BCUT2D eigenvalue weighted by Gasteiger charge is 2.14. The SMILES string of the molecule is O=COc1cccnc1-c1ncccc1OC=O. The molecule has 0 atom stereocenters. The Morgan fingerprint density at radius 3 is 1.67 bits per heavy atom. The molecule has 0 spiro atoms. The van der Waals surface area contributed by atoms with Crippen LogP contribution in [0.4, 0.5) is 0 Å². The number of carbonyl (C=O) groups is 2. The first-order chi connectivity index (χ1) is 8.86. The third kappa shape index (κ3) is 2.32. The first kappa shape index (κ1) is 11.7. The van der Waals surface area contributed by atoms with Crippen LogP contribution in [0.2, 0.25) is 0 Å². The molecule has 2 aromatic heterocycles. The molecular weight excluding hydrogens is 236 g/mol. The first-order valence-corrected chi connectivity index (χ1v) is 4.98. The van der Waals surface area contributed by atoms with Crippen molar-refractivity contribution in [1.82, 2.24) is 9.97 Å². The molecule has 90 valence electrons. The van der Waals surface area contributed by atoms with Crippen LogP contribution < -0.4 is 9.47 Å². The van der Waals surface area contributed by atoms with E-state index in [4.69, 9.17) is 9.47 Å². The standard InChI is InChI=1S/C12H8N2O4/c15-7-17-9-3-1-5-13-11(9)12-10(18-8-16)4-2-6-14-12/h1-8H. The fourth-order valence-electron chi connectivity index (χ4n) is 1.43. The van der Waals surface area contributed by atoms with Gasteiger partial charge in [0.25, 0.3) is 12.9 Å². The quantitative estimate of drug-likeness (QED) is 0.735. The summed E-state index contributed by atoms with van der Waals surface area (Å²) in [6.45, 7) is 0.591. The molecule has 0 N–H and O–H groups in total. The van der Waals surface area contributed by atoms with Crippen molar-refractivity contribution in [2.45, 2.75) is 0 Å². The van der Waals surface area contributed by atoms with Gasteiger partial charge in [0.1, 0.15) is 11.4 Å². The van der Waals surface area contributed by atoms with E-state index in [9.17, 15) is 9.59 Å². The van der Waals surface area contributed by atoms with Crippen LogP contribution in [-0.4, -0.2) is 22.9 Å². The maximum Gasteiger partial charge on any atom is 0.298 e. The van der Waals surface area contributed by atoms with Crippen molar-refractivity contribution in [3.8, 4) is 22.9 Å². The molecule has 0 aliphatic heterocycles. The third-order valence-electron chi connectivity index (χ3n) is 2.12. The minimum atomic E-state index is 0.238. The molecule has 0 saturated heterocycles. The molecule has 0 amide bonds. The van der Waals surface area contributed by atoms with Crippen molar-refractivity contribution in [2.75, 3.05) is 0 Å². The number of carbonyl (C=O) groups excluding carboxylic acids is 2. The van der Waals surface area contributed by atoms with Crippen LogP contribution >= 0.6 is 0 Å². The van der Waals surface area contributed by atoms with Gasteiger partial charge in [-0.05, 0) is 24.3 Å². The Bertz CT molecular complexity index is 520. The zero-order valence-electron chi connectivity index (χ0n) is 9.15. The van der Waals surface area contributed by atoms with Crippen LogP contribution in [0.5, 0.6) is 11.5 Å². The van der Waals surface area contributed by atoms with E-state index in [-0.39, 0.29) is 11.5 Å². The van der Waals surface area contributed by atoms with Gasteiger partial charge in [0.15, 0.2) is 11.5 Å². The maximum absolute atomic E-state index is 10.4. The largest absolute Gasteiger partial charge is 0.426 e. The summed E-state index contributed by atoms with van der Waals surface area (Å²) in [5, 5.41) is 0. The van der Waals surface area contributed by atoms with Gasteiger partial charge in [-0.3, -0.25) is 19.6 Å². The topological polar surface area (TPSA) is 78.4 Å². The van der Waals surface area contributed by atoms with Gasteiger partial charge in [-0.2, -0.15) is 0 Å². The fraction of sp³-hybridized carbons (Fsp3) is 0. The summed E-state index contributed by atoms with van der Waals surface area (Å²) in [7, 11) is 0. The van der Waals surface area contributed by atoms with Gasteiger partial charge < -0.3 is 9.47 Å². The second-order valence-electron chi connectivity index (χ2n) is 3.13. The number of rotatable bonds is 5. The van der Waals surface area contributed by atoms with Crippen LogP contribution in [0.25, 0.3) is 11.4 Å². The Balaban J connectivity index is 2.54. The van der Waals surface area contributed by atoms with Gasteiger partial charge in [0.05, 0.1) is 0 Å².